The number of carbonyl (C=O) groups excluding carboxylic acids is 1. The minimum Gasteiger partial charge on any atom is -0.497 e. The molecule has 8 nitrogen and oxygen atoms in total. The summed E-state index contributed by atoms with van der Waals surface area (Å²) in [6.07, 6.45) is 3.06. The maximum atomic E-state index is 12.4. The molecule has 0 unspecified atom stereocenters. The monoisotopic (exact) mass is 355 g/mol. The second-order valence-corrected chi connectivity index (χ2v) is 6.01. The van der Waals surface area contributed by atoms with Gasteiger partial charge in [0.05, 0.1) is 36.5 Å². The van der Waals surface area contributed by atoms with Crippen LogP contribution in [0.25, 0.3) is 5.69 Å². The lowest BCUT2D eigenvalue weighted by Crippen LogP contribution is -2.38. The maximum absolute atomic E-state index is 12.4. The van der Waals surface area contributed by atoms with Crippen molar-refractivity contribution in [1.82, 2.24) is 20.5 Å². The number of rotatable bonds is 4. The summed E-state index contributed by atoms with van der Waals surface area (Å²) in [4.78, 5) is 16.7. The molecule has 0 fully saturated rings. The number of carbonyl (C=O) groups is 1. The van der Waals surface area contributed by atoms with Crippen LogP contribution in [0, 0.1) is 0 Å². The largest absolute Gasteiger partial charge is 0.497 e. The Morgan fingerprint density at radius 1 is 1.31 bits per heavy atom. The molecule has 2 N–H and O–H groups in total. The zero-order valence-electron chi connectivity index (χ0n) is 15.0. The molecule has 1 aromatic heterocycles. The molecule has 0 aliphatic carbocycles. The number of aromatic nitrogens is 2. The molecule has 26 heavy (non-hydrogen) atoms. The third kappa shape index (κ3) is 2.41. The number of allylic oxidation sites excluding steroid dienone is 2. The molecule has 8 heteroatoms. The Hall–Kier alpha value is -3.00. The SMILES string of the molecule is CCOC(=O)c1ncn2c1CC1=C(CC)NNN1c1cc(OC)ccc1-2. The highest BCUT2D eigenvalue weighted by Gasteiger charge is 2.33. The van der Waals surface area contributed by atoms with Crippen LogP contribution in [0.1, 0.15) is 36.5 Å². The fourth-order valence-corrected chi connectivity index (χ4v) is 3.37. The minimum absolute atomic E-state index is 0.317. The lowest BCUT2D eigenvalue weighted by molar-refractivity contribution is 0.0519. The van der Waals surface area contributed by atoms with Gasteiger partial charge in [-0.3, -0.25) is 9.58 Å². The van der Waals surface area contributed by atoms with E-state index in [1.54, 1.807) is 20.4 Å². The van der Waals surface area contributed by atoms with Gasteiger partial charge in [0.25, 0.3) is 0 Å². The summed E-state index contributed by atoms with van der Waals surface area (Å²) in [6, 6.07) is 5.82. The minimum atomic E-state index is -0.401. The molecule has 136 valence electrons. The van der Waals surface area contributed by atoms with Crippen LogP contribution < -0.4 is 20.7 Å². The predicted molar refractivity (Wildman–Crippen MR) is 95.8 cm³/mol. The first kappa shape index (κ1) is 16.5. The zero-order valence-corrected chi connectivity index (χ0v) is 15.0. The molecule has 2 aliphatic heterocycles. The smallest absolute Gasteiger partial charge is 0.358 e. The van der Waals surface area contributed by atoms with Crippen LogP contribution in [0.5, 0.6) is 5.75 Å². The molecule has 0 saturated carbocycles. The molecule has 0 amide bonds. The predicted octanol–water partition coefficient (Wildman–Crippen LogP) is 2.06. The molecule has 2 aromatic rings. The van der Waals surface area contributed by atoms with Crippen LogP contribution in [0.15, 0.2) is 35.9 Å². The van der Waals surface area contributed by atoms with Crippen molar-refractivity contribution in [2.75, 3.05) is 18.7 Å². The number of hydrazine groups is 2. The molecular weight excluding hydrogens is 334 g/mol. The number of esters is 1. The van der Waals surface area contributed by atoms with E-state index in [1.807, 2.05) is 27.8 Å². The van der Waals surface area contributed by atoms with E-state index >= 15 is 0 Å². The highest BCUT2D eigenvalue weighted by Crippen LogP contribution is 2.38. The topological polar surface area (TPSA) is 80.6 Å². The van der Waals surface area contributed by atoms with Gasteiger partial charge in [0.1, 0.15) is 12.1 Å². The van der Waals surface area contributed by atoms with Gasteiger partial charge >= 0.3 is 5.97 Å². The normalized spacial score (nSPS) is 15.0. The van der Waals surface area contributed by atoms with Crippen molar-refractivity contribution in [3.8, 4) is 11.4 Å². The van der Waals surface area contributed by atoms with Gasteiger partial charge in [0.2, 0.25) is 0 Å². The van der Waals surface area contributed by atoms with Crippen molar-refractivity contribution in [1.29, 1.82) is 0 Å². The summed E-state index contributed by atoms with van der Waals surface area (Å²) in [5, 5.41) is 2.00. The Morgan fingerprint density at radius 2 is 2.15 bits per heavy atom. The van der Waals surface area contributed by atoms with E-state index < -0.39 is 5.97 Å². The van der Waals surface area contributed by atoms with E-state index in [0.717, 1.165) is 40.6 Å². The van der Waals surface area contributed by atoms with E-state index in [2.05, 4.69) is 22.9 Å². The molecule has 0 spiro atoms. The Kier molecular flexibility index (Phi) is 4.04. The number of ether oxygens (including phenoxy) is 2. The van der Waals surface area contributed by atoms with E-state index in [9.17, 15) is 4.79 Å². The third-order valence-electron chi connectivity index (χ3n) is 4.64. The molecule has 3 heterocycles. The summed E-state index contributed by atoms with van der Waals surface area (Å²) in [5.74, 6) is 0.353. The first-order chi connectivity index (χ1) is 12.7. The van der Waals surface area contributed by atoms with E-state index in [1.165, 1.54) is 0 Å². The summed E-state index contributed by atoms with van der Waals surface area (Å²) in [7, 11) is 1.64. The molecular formula is C18H21N5O3. The number of imidazole rings is 1. The molecule has 0 radical (unpaired) electrons. The maximum Gasteiger partial charge on any atom is 0.358 e. The van der Waals surface area contributed by atoms with Crippen molar-refractivity contribution < 1.29 is 14.3 Å². The second kappa shape index (κ2) is 6.38. The quantitative estimate of drug-likeness (QED) is 0.813. The Labute approximate surface area is 151 Å². The first-order valence-corrected chi connectivity index (χ1v) is 8.63. The van der Waals surface area contributed by atoms with Crippen molar-refractivity contribution in [2.24, 2.45) is 0 Å². The summed E-state index contributed by atoms with van der Waals surface area (Å²) in [6.45, 7) is 4.19. The molecule has 0 bridgehead atoms. The van der Waals surface area contributed by atoms with E-state index in [0.29, 0.717) is 18.7 Å². The van der Waals surface area contributed by atoms with Crippen molar-refractivity contribution in [3.05, 3.63) is 47.3 Å². The molecule has 0 saturated heterocycles. The third-order valence-corrected chi connectivity index (χ3v) is 4.64. The molecule has 0 atom stereocenters. The number of hydrogen-bond acceptors (Lipinski definition) is 7. The number of fused-ring (bicyclic) bond motifs is 5. The van der Waals surface area contributed by atoms with Gasteiger partial charge in [-0.05, 0) is 25.5 Å². The van der Waals surface area contributed by atoms with E-state index in [-0.39, 0.29) is 0 Å². The lowest BCUT2D eigenvalue weighted by atomic mass is 10.1. The highest BCUT2D eigenvalue weighted by molar-refractivity contribution is 5.89. The first-order valence-electron chi connectivity index (χ1n) is 8.63. The fourth-order valence-electron chi connectivity index (χ4n) is 3.37. The average molecular weight is 355 g/mol. The van der Waals surface area contributed by atoms with Crippen LogP contribution >= 0.6 is 0 Å². The number of hydrogen-bond donors (Lipinski definition) is 2. The summed E-state index contributed by atoms with van der Waals surface area (Å²) >= 11 is 0. The van der Waals surface area contributed by atoms with Crippen LogP contribution in [-0.2, 0) is 11.2 Å². The lowest BCUT2D eigenvalue weighted by Gasteiger charge is -2.21. The standard InChI is InChI=1S/C18H21N5O3/c1-4-12-14-9-16-17(18(24)26-5-2)19-10-22(16)13-7-6-11(25-3)8-15(13)23(14)21-20-12/h6-8,10,20-21H,4-5,9H2,1-3H3. The van der Waals surface area contributed by atoms with Crippen molar-refractivity contribution in [2.45, 2.75) is 26.7 Å². The van der Waals surface area contributed by atoms with Crippen molar-refractivity contribution >= 4 is 11.7 Å². The summed E-state index contributed by atoms with van der Waals surface area (Å²) < 4.78 is 12.5. The van der Waals surface area contributed by atoms with Crippen molar-refractivity contribution in [3.63, 3.8) is 0 Å². The van der Waals surface area contributed by atoms with Crippen LogP contribution in [0.2, 0.25) is 0 Å². The summed E-state index contributed by atoms with van der Waals surface area (Å²) in [5.41, 5.74) is 11.5. The number of methoxy groups -OCH3 is 1. The number of benzene rings is 1. The fraction of sp³-hybridized carbons (Fsp3) is 0.333. The molecule has 2 aliphatic rings. The van der Waals surface area contributed by atoms with E-state index in [4.69, 9.17) is 9.47 Å². The van der Waals surface area contributed by atoms with Crippen LogP contribution in [0.3, 0.4) is 0 Å². The van der Waals surface area contributed by atoms with Gasteiger partial charge in [-0.1, -0.05) is 6.92 Å². The Morgan fingerprint density at radius 3 is 2.88 bits per heavy atom. The van der Waals surface area contributed by atoms with Crippen LogP contribution in [-0.4, -0.2) is 29.2 Å². The van der Waals surface area contributed by atoms with Gasteiger partial charge in [0.15, 0.2) is 5.69 Å². The number of nitrogens with one attached hydrogen (secondary N) is 2. The van der Waals surface area contributed by atoms with Gasteiger partial charge in [-0.25, -0.2) is 9.78 Å². The highest BCUT2D eigenvalue weighted by atomic mass is 16.5. The number of nitrogens with zero attached hydrogens (tertiary/aromatic N) is 3. The van der Waals surface area contributed by atoms with Gasteiger partial charge < -0.3 is 14.9 Å². The second-order valence-electron chi connectivity index (χ2n) is 6.01. The average Bonchev–Trinajstić information content (AvgIpc) is 3.23. The zero-order chi connectivity index (χ0) is 18.3. The Balaban J connectivity index is 1.94. The van der Waals surface area contributed by atoms with Gasteiger partial charge in [0, 0.05) is 18.2 Å². The molecule has 4 rings (SSSR count). The van der Waals surface area contributed by atoms with Gasteiger partial charge in [-0.2, -0.15) is 0 Å². The molecule has 1 aromatic carbocycles. The number of anilines is 1. The Bertz CT molecular complexity index is 902. The van der Waals surface area contributed by atoms with Crippen LogP contribution in [0.4, 0.5) is 5.69 Å². The van der Waals surface area contributed by atoms with Gasteiger partial charge in [-0.15, -0.1) is 5.53 Å².